The van der Waals surface area contributed by atoms with E-state index in [1.165, 1.54) is 152 Å². The highest BCUT2D eigenvalue weighted by Gasteiger charge is 2.27. The maximum atomic E-state index is 12.9. The zero-order valence-corrected chi connectivity index (χ0v) is 79.8. The monoisotopic (exact) mass is 1990 g/mol. The van der Waals surface area contributed by atoms with Gasteiger partial charge in [0, 0.05) is 105 Å². The minimum Gasteiger partial charge on any atom is -0.423 e. The fourth-order valence-electron chi connectivity index (χ4n) is 9.61. The molecule has 0 N–H and O–H groups in total. The second-order valence-corrected chi connectivity index (χ2v) is 29.2. The molecule has 8 aromatic rings. The summed E-state index contributed by atoms with van der Waals surface area (Å²) in [6, 6.07) is 32.8. The quantitative estimate of drug-likeness (QED) is 0.0149. The van der Waals surface area contributed by atoms with Crippen LogP contribution in [0.1, 0.15) is 98.4 Å². The molecule has 8 rings (SSSR count). The number of carbonyl (C=O) groups is 18. The van der Waals surface area contributed by atoms with E-state index >= 15 is 0 Å². The number of ether oxygens (including phenoxy) is 18. The molecular weight excluding hydrogens is 1900 g/mol. The summed E-state index contributed by atoms with van der Waals surface area (Å²) >= 11 is 0. The van der Waals surface area contributed by atoms with Crippen LogP contribution in [0.15, 0.2) is 344 Å². The number of hydrogen-bond donors (Lipinski definition) is 0. The fourth-order valence-corrected chi connectivity index (χ4v) is 9.61. The van der Waals surface area contributed by atoms with E-state index in [4.69, 9.17) is 85.3 Å². The van der Waals surface area contributed by atoms with Crippen molar-refractivity contribution in [2.45, 2.75) is 55.4 Å². The summed E-state index contributed by atoms with van der Waals surface area (Å²) in [7, 11) is 0. The molecule has 0 spiro atoms. The summed E-state index contributed by atoms with van der Waals surface area (Å²) in [6.07, 6.45) is 14.1. The number of carbonyl (C=O) groups excluding carboxylic acids is 18. The molecule has 0 bridgehead atoms. The first kappa shape index (κ1) is 116. The van der Waals surface area contributed by atoms with Crippen molar-refractivity contribution in [3.63, 3.8) is 0 Å². The van der Waals surface area contributed by atoms with Crippen LogP contribution in [0.25, 0.3) is 24.3 Å². The molecule has 0 aliphatic carbocycles. The Kier molecular flexibility index (Phi) is 44.8. The molecule has 0 atom stereocenters. The Bertz CT molecular complexity index is 6680. The van der Waals surface area contributed by atoms with E-state index in [0.29, 0.717) is 22.3 Å². The lowest BCUT2D eigenvalue weighted by Gasteiger charge is -2.14. The van der Waals surface area contributed by atoms with Crippen molar-refractivity contribution in [1.29, 1.82) is 0 Å². The van der Waals surface area contributed by atoms with Crippen LogP contribution in [0.2, 0.25) is 0 Å². The van der Waals surface area contributed by atoms with Gasteiger partial charge in [-0.25, -0.2) is 86.3 Å². The Labute approximate surface area is 835 Å². The van der Waals surface area contributed by atoms with Crippen LogP contribution in [-0.4, -0.2) is 107 Å². The lowest BCUT2D eigenvalue weighted by atomic mass is 10.1. The number of benzene rings is 8. The molecule has 36 heteroatoms. The first-order valence-electron chi connectivity index (χ1n) is 41.7. The Morgan fingerprint density at radius 2 is 0.315 bits per heavy atom. The third-order valence-electron chi connectivity index (χ3n) is 16.8. The molecule has 0 radical (unpaired) electrons. The third-order valence-corrected chi connectivity index (χ3v) is 16.8. The highest BCUT2D eigenvalue weighted by molar-refractivity contribution is 5.99. The van der Waals surface area contributed by atoms with Crippen LogP contribution < -0.4 is 85.3 Å². The van der Waals surface area contributed by atoms with Crippen molar-refractivity contribution in [1.82, 2.24) is 0 Å². The van der Waals surface area contributed by atoms with E-state index < -0.39 is 107 Å². The summed E-state index contributed by atoms with van der Waals surface area (Å²) < 4.78 is 93.1. The minimum atomic E-state index is -0.917. The molecule has 0 saturated carbocycles. The number of rotatable bonds is 40. The smallest absolute Gasteiger partial charge is 0.343 e. The predicted molar refractivity (Wildman–Crippen MR) is 530 cm³/mol. The SMILES string of the molecule is C=C(C)C(=O)Oc1ccc(/C=C/c2ccc(OC(=O)C(=C)C)c(OC(=O)C(=C)C)c2)cc1OC(=O)C(=C)C.C=C(C)C(=O)Oc1ccc(OC(=O)c2ccc(OC(=O)C(=C)C)c(OC(=O)C(=C)C)c2)cc1OC(=O)C(=C)C.C=CC(=O)Oc1ccc(/C=C/c2ccc(OC(=O)C=C)c(OC(=O)C=C)c2)cc1OC(=O)C=C.C=CC(=O)Oc1ccc(OC(=O)c2ccc(OC(=O)C=C)c(OC(=O)C=C)c2)cc1OC(=O)C=C. The fraction of sp³-hybridized carbons (Fsp3) is 0.0727. The average molecular weight is 1990 g/mol. The lowest BCUT2D eigenvalue weighted by Crippen LogP contribution is -2.15. The Balaban J connectivity index is 0.000000343. The standard InChI is InChI=1S/C30H28O8.C29H26O10.C26H20O8.C25H18O10/c1-17(2)27(31)35-23-13-11-21(15-25(23)37-29(33)19(5)6)9-10-22-12-14-24(36-28(32)18(3)4)26(16-22)38-30(34)20(7)8;1-15(2)25(30)36-21-11-9-19(13-23(21)38-27(32)17(5)6)29(34)35-20-10-12-22(37-26(31)16(3)4)24(14-20)39-28(33)18(7)8;1-5-23(27)31-19-13-11-17(15-21(19)33-25(29)7-3)9-10-18-12-14-20(32-24(28)6-2)22(16-18)34-26(30)8-4;1-5-21(26)32-17-11-9-15(13-19(17)34-23(28)7-3)25(30)31-16-10-12-18(33-22(27)6-2)20(14-16)35-24(29)8-4/h9-16H,1,3,5,7H2,2,4,6,8H3;9-14H,1,3,5,7H2,2,4,6,8H3;5-16H,1-4H2;5-14H,1-4H2/b10-9+;;10-9+;. The van der Waals surface area contributed by atoms with Crippen LogP contribution in [0, 0.1) is 0 Å². The van der Waals surface area contributed by atoms with Crippen molar-refractivity contribution in [2.75, 3.05) is 0 Å². The van der Waals surface area contributed by atoms with Crippen molar-refractivity contribution < 1.29 is 172 Å². The molecule has 146 heavy (non-hydrogen) atoms. The molecule has 0 heterocycles. The Morgan fingerprint density at radius 1 is 0.171 bits per heavy atom. The van der Waals surface area contributed by atoms with Gasteiger partial charge in [-0.05, 0) is 187 Å². The second-order valence-electron chi connectivity index (χ2n) is 29.2. The predicted octanol–water partition coefficient (Wildman–Crippen LogP) is 18.1. The topological polar surface area (TPSA) is 473 Å². The van der Waals surface area contributed by atoms with Gasteiger partial charge in [0.1, 0.15) is 11.5 Å². The summed E-state index contributed by atoms with van der Waals surface area (Å²) in [4.78, 5) is 215. The van der Waals surface area contributed by atoms with Gasteiger partial charge in [0.15, 0.2) is 92.0 Å². The number of esters is 18. The van der Waals surface area contributed by atoms with E-state index in [2.05, 4.69) is 105 Å². The van der Waals surface area contributed by atoms with Crippen LogP contribution in [0.4, 0.5) is 0 Å². The van der Waals surface area contributed by atoms with Gasteiger partial charge >= 0.3 is 107 Å². The van der Waals surface area contributed by atoms with Crippen LogP contribution in [0.3, 0.4) is 0 Å². The van der Waals surface area contributed by atoms with Crippen molar-refractivity contribution in [2.24, 2.45) is 0 Å². The minimum absolute atomic E-state index is 0.00506. The normalized spacial score (nSPS) is 9.97. The van der Waals surface area contributed by atoms with E-state index in [0.717, 1.165) is 72.9 Å². The van der Waals surface area contributed by atoms with Crippen LogP contribution in [0.5, 0.6) is 103 Å². The van der Waals surface area contributed by atoms with Gasteiger partial charge in [0.05, 0.1) is 11.1 Å². The molecule has 0 aliphatic heterocycles. The molecule has 0 saturated heterocycles. The van der Waals surface area contributed by atoms with Crippen molar-refractivity contribution in [3.05, 3.63) is 377 Å². The average Bonchev–Trinajstić information content (AvgIpc) is 0.774. The van der Waals surface area contributed by atoms with Gasteiger partial charge < -0.3 is 85.3 Å². The van der Waals surface area contributed by atoms with Gasteiger partial charge in [-0.2, -0.15) is 0 Å². The molecule has 0 aromatic heterocycles. The van der Waals surface area contributed by atoms with Crippen LogP contribution >= 0.6 is 0 Å². The van der Waals surface area contributed by atoms with Gasteiger partial charge in [-0.3, -0.25) is 0 Å². The molecule has 0 fully saturated rings. The van der Waals surface area contributed by atoms with Crippen LogP contribution in [-0.2, 0) is 76.7 Å². The first-order chi connectivity index (χ1) is 68.9. The largest absolute Gasteiger partial charge is 0.423 e. The van der Waals surface area contributed by atoms with E-state index in [1.807, 2.05) is 0 Å². The van der Waals surface area contributed by atoms with Gasteiger partial charge in [0.25, 0.3) is 0 Å². The molecular formula is C110H92O36. The Morgan fingerprint density at radius 3 is 0.514 bits per heavy atom. The lowest BCUT2D eigenvalue weighted by molar-refractivity contribution is -0.132. The summed E-state index contributed by atoms with van der Waals surface area (Å²) in [5.74, 6) is -15.6. The zero-order chi connectivity index (χ0) is 109. The van der Waals surface area contributed by atoms with E-state index in [9.17, 15) is 86.3 Å². The van der Waals surface area contributed by atoms with Crippen molar-refractivity contribution in [3.8, 4) is 103 Å². The maximum Gasteiger partial charge on any atom is 0.343 e. The zero-order valence-electron chi connectivity index (χ0n) is 79.8. The first-order valence-corrected chi connectivity index (χ1v) is 41.7. The third kappa shape index (κ3) is 37.8. The molecule has 0 unspecified atom stereocenters. The van der Waals surface area contributed by atoms with Gasteiger partial charge in [-0.1, -0.05) is 154 Å². The summed E-state index contributed by atoms with van der Waals surface area (Å²) in [6.45, 7) is 66.2. The van der Waals surface area contributed by atoms with Gasteiger partial charge in [0.2, 0.25) is 0 Å². The highest BCUT2D eigenvalue weighted by atomic mass is 16.6. The number of hydrogen-bond acceptors (Lipinski definition) is 36. The van der Waals surface area contributed by atoms with Gasteiger partial charge in [-0.15, -0.1) is 0 Å². The molecule has 36 nitrogen and oxygen atoms in total. The van der Waals surface area contributed by atoms with E-state index in [-0.39, 0.29) is 159 Å². The van der Waals surface area contributed by atoms with Crippen molar-refractivity contribution >= 4 is 132 Å². The summed E-state index contributed by atoms with van der Waals surface area (Å²) in [5, 5.41) is 0. The molecule has 0 amide bonds. The highest BCUT2D eigenvalue weighted by Crippen LogP contribution is 2.40. The molecule has 0 aliphatic rings. The maximum absolute atomic E-state index is 12.9. The molecule has 748 valence electrons. The summed E-state index contributed by atoms with van der Waals surface area (Å²) in [5.41, 5.74) is 3.13. The molecule has 8 aromatic carbocycles. The Hall–Kier alpha value is -20.5. The van der Waals surface area contributed by atoms with E-state index in [1.54, 1.807) is 48.6 Å². The second kappa shape index (κ2) is 56.4.